The first-order valence-corrected chi connectivity index (χ1v) is 12.9. The summed E-state index contributed by atoms with van der Waals surface area (Å²) in [5, 5.41) is 5.82. The zero-order valence-corrected chi connectivity index (χ0v) is 21.1. The van der Waals surface area contributed by atoms with E-state index in [2.05, 4.69) is 15.0 Å². The number of primary sulfonamides is 1. The first-order valence-electron chi connectivity index (χ1n) is 10.6. The highest BCUT2D eigenvalue weighted by Crippen LogP contribution is 2.44. The van der Waals surface area contributed by atoms with Gasteiger partial charge in [0.15, 0.2) is 5.03 Å². The highest BCUT2D eigenvalue weighted by molar-refractivity contribution is 7.89. The molecule has 0 radical (unpaired) electrons. The number of halogens is 2. The molecular formula is C23H19Cl2N7O3S. The molecule has 4 N–H and O–H groups in total. The van der Waals surface area contributed by atoms with E-state index >= 15 is 0 Å². The van der Waals surface area contributed by atoms with Crippen LogP contribution in [0.3, 0.4) is 0 Å². The zero-order valence-electron chi connectivity index (χ0n) is 18.8. The molecule has 0 saturated heterocycles. The third-order valence-corrected chi connectivity index (χ3v) is 7.33. The third-order valence-electron chi connectivity index (χ3n) is 6.02. The Morgan fingerprint density at radius 2 is 1.69 bits per heavy atom. The molecule has 0 aliphatic carbocycles. The van der Waals surface area contributed by atoms with Gasteiger partial charge in [-0.3, -0.25) is 9.36 Å². The molecule has 2 aromatic heterocycles. The SMILES string of the molecule is C[C@@]1(Cc2ccc(-c3cncnc3N)cc2)C(=O)N(c2cc(Cl)cc(Cl)c2)c2ncc(S(N)(=O)=O)n21. The molecule has 1 aliphatic rings. The number of benzene rings is 2. The Kier molecular flexibility index (Phi) is 5.75. The van der Waals surface area contributed by atoms with Gasteiger partial charge in [0.05, 0.1) is 11.9 Å². The van der Waals surface area contributed by atoms with Gasteiger partial charge in [0.1, 0.15) is 17.7 Å². The van der Waals surface area contributed by atoms with Crippen LogP contribution in [0.5, 0.6) is 0 Å². The number of nitrogens with zero attached hydrogens (tertiary/aromatic N) is 5. The molecule has 5 rings (SSSR count). The van der Waals surface area contributed by atoms with E-state index in [0.717, 1.165) is 17.3 Å². The van der Waals surface area contributed by atoms with Gasteiger partial charge in [-0.15, -0.1) is 0 Å². The number of carbonyl (C=O) groups excluding carboxylic acids is 1. The minimum absolute atomic E-state index is 0.0932. The average Bonchev–Trinajstić information content (AvgIpc) is 3.33. The molecule has 36 heavy (non-hydrogen) atoms. The maximum absolute atomic E-state index is 13.9. The van der Waals surface area contributed by atoms with Crippen molar-refractivity contribution in [3.05, 3.63) is 76.8 Å². The van der Waals surface area contributed by atoms with Crippen LogP contribution < -0.4 is 15.8 Å². The van der Waals surface area contributed by atoms with Crippen molar-refractivity contribution < 1.29 is 13.2 Å². The fraction of sp³-hybridized carbons (Fsp3) is 0.130. The maximum Gasteiger partial charge on any atom is 0.260 e. The monoisotopic (exact) mass is 543 g/mol. The molecule has 0 fully saturated rings. The van der Waals surface area contributed by atoms with Crippen LogP contribution in [0.1, 0.15) is 12.5 Å². The molecule has 10 nitrogen and oxygen atoms in total. The number of nitrogens with two attached hydrogens (primary N) is 2. The van der Waals surface area contributed by atoms with E-state index in [1.165, 1.54) is 21.9 Å². The van der Waals surface area contributed by atoms with Crippen LogP contribution in [0.2, 0.25) is 10.0 Å². The highest BCUT2D eigenvalue weighted by Gasteiger charge is 2.51. The summed E-state index contributed by atoms with van der Waals surface area (Å²) in [6, 6.07) is 11.9. The smallest absolute Gasteiger partial charge is 0.260 e. The first-order chi connectivity index (χ1) is 17.0. The van der Waals surface area contributed by atoms with E-state index in [0.29, 0.717) is 27.1 Å². The fourth-order valence-electron chi connectivity index (χ4n) is 4.39. The quantitative estimate of drug-likeness (QED) is 0.390. The lowest BCUT2D eigenvalue weighted by molar-refractivity contribution is -0.124. The van der Waals surface area contributed by atoms with E-state index in [4.69, 9.17) is 34.1 Å². The topological polar surface area (TPSA) is 150 Å². The summed E-state index contributed by atoms with van der Waals surface area (Å²) in [6.45, 7) is 1.64. The van der Waals surface area contributed by atoms with Crippen molar-refractivity contribution in [2.75, 3.05) is 10.6 Å². The van der Waals surface area contributed by atoms with Gasteiger partial charge in [-0.05, 0) is 36.2 Å². The van der Waals surface area contributed by atoms with Crippen LogP contribution in [-0.2, 0) is 26.8 Å². The molecule has 0 bridgehead atoms. The van der Waals surface area contributed by atoms with E-state index in [9.17, 15) is 13.2 Å². The van der Waals surface area contributed by atoms with Gasteiger partial charge in [-0.25, -0.2) is 33.4 Å². The number of rotatable bonds is 5. The second-order valence-corrected chi connectivity index (χ2v) is 10.9. The summed E-state index contributed by atoms with van der Waals surface area (Å²) in [5.41, 5.74) is 7.15. The number of carbonyl (C=O) groups is 1. The van der Waals surface area contributed by atoms with Gasteiger partial charge in [-0.2, -0.15) is 0 Å². The second-order valence-electron chi connectivity index (χ2n) is 8.51. The lowest BCUT2D eigenvalue weighted by Gasteiger charge is -2.26. The number of amides is 1. The zero-order chi connectivity index (χ0) is 25.8. The van der Waals surface area contributed by atoms with Crippen LogP contribution in [0.15, 0.2) is 66.2 Å². The number of fused-ring (bicyclic) bond motifs is 1. The Morgan fingerprint density at radius 3 is 2.31 bits per heavy atom. The largest absolute Gasteiger partial charge is 0.383 e. The molecular weight excluding hydrogens is 525 g/mol. The van der Waals surface area contributed by atoms with Crippen LogP contribution >= 0.6 is 23.2 Å². The van der Waals surface area contributed by atoms with Gasteiger partial charge in [0, 0.05) is 28.2 Å². The molecule has 184 valence electrons. The number of imidazole rings is 1. The Labute approximate surface area is 216 Å². The lowest BCUT2D eigenvalue weighted by Crippen LogP contribution is -2.42. The minimum atomic E-state index is -4.20. The fourth-order valence-corrected chi connectivity index (χ4v) is 5.65. The van der Waals surface area contributed by atoms with Crippen molar-refractivity contribution in [3.8, 4) is 11.1 Å². The molecule has 2 aromatic carbocycles. The summed E-state index contributed by atoms with van der Waals surface area (Å²) < 4.78 is 26.2. The standard InChI is InChI=1S/C23H19Cl2N7O3S/c1-23(9-13-2-4-14(5-3-13)18-10-28-12-30-20(18)26)21(33)31(17-7-15(24)6-16(25)8-17)22-29-11-19(32(22)23)36(27,34)35/h2-8,10-12H,9H2,1H3,(H2,26,28,30)(H2,27,34,35)/t23-/m1/s1. The lowest BCUT2D eigenvalue weighted by atomic mass is 9.91. The number of nitrogen functional groups attached to an aromatic ring is 1. The van der Waals surface area contributed by atoms with Crippen molar-refractivity contribution in [2.24, 2.45) is 5.14 Å². The van der Waals surface area contributed by atoms with E-state index < -0.39 is 21.5 Å². The predicted molar refractivity (Wildman–Crippen MR) is 136 cm³/mol. The first kappa shape index (κ1) is 24.2. The van der Waals surface area contributed by atoms with Gasteiger partial charge in [0.2, 0.25) is 5.95 Å². The molecule has 1 atom stereocenters. The van der Waals surface area contributed by atoms with Gasteiger partial charge in [0.25, 0.3) is 15.9 Å². The molecule has 0 unspecified atom stereocenters. The number of hydrogen-bond acceptors (Lipinski definition) is 7. The van der Waals surface area contributed by atoms with Crippen molar-refractivity contribution in [1.82, 2.24) is 19.5 Å². The Bertz CT molecular complexity index is 1600. The van der Waals surface area contributed by atoms with Crippen LogP contribution in [0.4, 0.5) is 17.5 Å². The Balaban J connectivity index is 1.60. The number of hydrogen-bond donors (Lipinski definition) is 2. The molecule has 1 aliphatic heterocycles. The van der Waals surface area contributed by atoms with E-state index in [1.807, 2.05) is 24.3 Å². The normalized spacial score (nSPS) is 17.4. The summed E-state index contributed by atoms with van der Waals surface area (Å²) in [5.74, 6) is 0.0154. The van der Waals surface area contributed by atoms with Crippen LogP contribution in [-0.4, -0.2) is 33.8 Å². The summed E-state index contributed by atoms with van der Waals surface area (Å²) in [4.78, 5) is 27.4. The van der Waals surface area contributed by atoms with E-state index in [-0.39, 0.29) is 17.4 Å². The van der Waals surface area contributed by atoms with Gasteiger partial charge < -0.3 is 5.73 Å². The van der Waals surface area contributed by atoms with Crippen molar-refractivity contribution >= 4 is 56.6 Å². The maximum atomic E-state index is 13.9. The number of sulfonamides is 1. The highest BCUT2D eigenvalue weighted by atomic mass is 35.5. The van der Waals surface area contributed by atoms with Crippen molar-refractivity contribution in [1.29, 1.82) is 0 Å². The molecule has 3 heterocycles. The molecule has 0 saturated carbocycles. The van der Waals surface area contributed by atoms with Crippen LogP contribution in [0, 0.1) is 0 Å². The summed E-state index contributed by atoms with van der Waals surface area (Å²) >= 11 is 12.4. The van der Waals surface area contributed by atoms with E-state index in [1.54, 1.807) is 25.3 Å². The van der Waals surface area contributed by atoms with Crippen LogP contribution in [0.25, 0.3) is 11.1 Å². The van der Waals surface area contributed by atoms with Crippen molar-refractivity contribution in [3.63, 3.8) is 0 Å². The summed E-state index contributed by atoms with van der Waals surface area (Å²) in [6.07, 6.45) is 4.26. The summed E-state index contributed by atoms with van der Waals surface area (Å²) in [7, 11) is -4.20. The Hall–Kier alpha value is -3.51. The molecule has 4 aromatic rings. The predicted octanol–water partition coefficient (Wildman–Crippen LogP) is 3.51. The number of anilines is 3. The average molecular weight is 544 g/mol. The molecule has 13 heteroatoms. The second kappa shape index (κ2) is 8.56. The van der Waals surface area contributed by atoms with Gasteiger partial charge in [-0.1, -0.05) is 47.5 Å². The molecule has 0 spiro atoms. The van der Waals surface area contributed by atoms with Gasteiger partial charge >= 0.3 is 0 Å². The third kappa shape index (κ3) is 3.99. The molecule has 1 amide bonds. The minimum Gasteiger partial charge on any atom is -0.383 e. The number of aromatic nitrogens is 4. The van der Waals surface area contributed by atoms with Crippen molar-refractivity contribution in [2.45, 2.75) is 23.9 Å². The Morgan fingerprint density at radius 1 is 1.03 bits per heavy atom.